The van der Waals surface area contributed by atoms with Gasteiger partial charge in [-0.2, -0.15) is 0 Å². The summed E-state index contributed by atoms with van der Waals surface area (Å²) in [5.74, 6) is -2.87. The van der Waals surface area contributed by atoms with E-state index in [1.807, 2.05) is 21.1 Å². The number of esters is 1. The number of aliphatic carboxylic acids is 2. The predicted octanol–water partition coefficient (Wildman–Crippen LogP) is 0.112. The van der Waals surface area contributed by atoms with E-state index in [0.29, 0.717) is 22.2 Å². The zero-order valence-electron chi connectivity index (χ0n) is 14.0. The van der Waals surface area contributed by atoms with Gasteiger partial charge in [0, 0.05) is 18.8 Å². The molecule has 130 valence electrons. The number of carboxylic acid groups (broad SMARTS) is 2. The van der Waals surface area contributed by atoms with Crippen molar-refractivity contribution in [2.75, 3.05) is 27.7 Å². The van der Waals surface area contributed by atoms with E-state index in [2.05, 4.69) is 13.2 Å². The maximum Gasteiger partial charge on any atom is 0.310 e. The van der Waals surface area contributed by atoms with Crippen LogP contribution in [0.25, 0.3) is 0 Å². The van der Waals surface area contributed by atoms with Gasteiger partial charge < -0.3 is 24.2 Å². The van der Waals surface area contributed by atoms with E-state index in [-0.39, 0.29) is 25.7 Å². The summed E-state index contributed by atoms with van der Waals surface area (Å²) in [6.07, 6.45) is -1.23. The standard InChI is InChI=1S/C16H25NO6/c1-11(6-7-14(18)19)12(2)8-16(22)23-13(9-15(20)21)10-17(3,4)5/h13H,1-2,6-10H2,3-5H3,(H-,18,19,20,21). The number of nitrogens with zero attached hydrogens (tertiary/aromatic N) is 1. The summed E-state index contributed by atoms with van der Waals surface area (Å²) in [4.78, 5) is 33.2. The first-order valence-corrected chi connectivity index (χ1v) is 7.18. The third kappa shape index (κ3) is 11.1. The van der Waals surface area contributed by atoms with Crippen molar-refractivity contribution >= 4 is 17.9 Å². The fourth-order valence-corrected chi connectivity index (χ4v) is 1.90. The number of rotatable bonds is 11. The molecule has 0 aromatic carbocycles. The maximum absolute atomic E-state index is 11.9. The second kappa shape index (κ2) is 9.09. The summed E-state index contributed by atoms with van der Waals surface area (Å²) < 4.78 is 5.62. The molecule has 0 amide bonds. The number of carbonyl (C=O) groups excluding carboxylic acids is 2. The number of carbonyl (C=O) groups is 3. The SMILES string of the molecule is C=C(CCC(=O)O)C(=C)CC(=O)OC(CC(=O)[O-])C[N+](C)(C)C. The molecule has 0 rings (SSSR count). The van der Waals surface area contributed by atoms with Crippen LogP contribution in [0.5, 0.6) is 0 Å². The molecule has 7 heteroatoms. The third-order valence-electron chi connectivity index (χ3n) is 2.94. The van der Waals surface area contributed by atoms with Crippen LogP contribution in [0.15, 0.2) is 24.3 Å². The first kappa shape index (κ1) is 20.9. The highest BCUT2D eigenvalue weighted by Gasteiger charge is 2.23. The first-order chi connectivity index (χ1) is 10.4. The van der Waals surface area contributed by atoms with Gasteiger partial charge in [-0.15, -0.1) is 0 Å². The van der Waals surface area contributed by atoms with Crippen molar-refractivity contribution in [3.63, 3.8) is 0 Å². The molecule has 0 aliphatic rings. The molecule has 1 N–H and O–H groups in total. The average Bonchev–Trinajstić information content (AvgIpc) is 2.32. The fraction of sp³-hybridized carbons (Fsp3) is 0.562. The molecular weight excluding hydrogens is 302 g/mol. The molecule has 0 aliphatic carbocycles. The Morgan fingerprint density at radius 3 is 2.13 bits per heavy atom. The second-order valence-electron chi connectivity index (χ2n) is 6.44. The summed E-state index contributed by atoms with van der Waals surface area (Å²) in [6.45, 7) is 7.70. The quantitative estimate of drug-likeness (QED) is 0.328. The summed E-state index contributed by atoms with van der Waals surface area (Å²) in [7, 11) is 5.55. The van der Waals surface area contributed by atoms with Gasteiger partial charge in [0.05, 0.1) is 27.6 Å². The molecule has 0 aromatic rings. The Hall–Kier alpha value is -2.15. The molecule has 23 heavy (non-hydrogen) atoms. The summed E-state index contributed by atoms with van der Waals surface area (Å²) in [6, 6.07) is 0. The molecule has 7 nitrogen and oxygen atoms in total. The largest absolute Gasteiger partial charge is 0.550 e. The molecule has 0 saturated heterocycles. The fourth-order valence-electron chi connectivity index (χ4n) is 1.90. The minimum Gasteiger partial charge on any atom is -0.550 e. The summed E-state index contributed by atoms with van der Waals surface area (Å²) in [5.41, 5.74) is 0.848. The molecule has 0 aliphatic heterocycles. The van der Waals surface area contributed by atoms with Gasteiger partial charge in [-0.05, 0) is 12.0 Å². The monoisotopic (exact) mass is 327 g/mol. The van der Waals surface area contributed by atoms with Gasteiger partial charge in [-0.1, -0.05) is 18.7 Å². The van der Waals surface area contributed by atoms with Crippen LogP contribution in [0.2, 0.25) is 0 Å². The van der Waals surface area contributed by atoms with Crippen molar-refractivity contribution in [3.8, 4) is 0 Å². The van der Waals surface area contributed by atoms with Crippen molar-refractivity contribution in [2.45, 2.75) is 31.8 Å². The average molecular weight is 327 g/mol. The van der Waals surface area contributed by atoms with Crippen LogP contribution in [0, 0.1) is 0 Å². The van der Waals surface area contributed by atoms with Crippen LogP contribution >= 0.6 is 0 Å². The highest BCUT2D eigenvalue weighted by Crippen LogP contribution is 2.17. The van der Waals surface area contributed by atoms with Crippen molar-refractivity contribution in [3.05, 3.63) is 24.3 Å². The zero-order chi connectivity index (χ0) is 18.2. The van der Waals surface area contributed by atoms with Crippen LogP contribution in [0.4, 0.5) is 0 Å². The van der Waals surface area contributed by atoms with E-state index < -0.39 is 24.0 Å². The Kier molecular flexibility index (Phi) is 8.24. The third-order valence-corrected chi connectivity index (χ3v) is 2.94. The van der Waals surface area contributed by atoms with Gasteiger partial charge >= 0.3 is 11.9 Å². The lowest BCUT2D eigenvalue weighted by atomic mass is 10.0. The normalized spacial score (nSPS) is 12.3. The number of carboxylic acids is 2. The Morgan fingerprint density at radius 1 is 1.13 bits per heavy atom. The molecule has 1 atom stereocenters. The topological polar surface area (TPSA) is 104 Å². The Labute approximate surface area is 136 Å². The summed E-state index contributed by atoms with van der Waals surface area (Å²) >= 11 is 0. The van der Waals surface area contributed by atoms with E-state index in [1.54, 1.807) is 0 Å². The van der Waals surface area contributed by atoms with Crippen molar-refractivity contribution < 1.29 is 33.8 Å². The molecular formula is C16H25NO6. The van der Waals surface area contributed by atoms with E-state index in [4.69, 9.17) is 9.84 Å². The van der Waals surface area contributed by atoms with Crippen LogP contribution in [-0.4, -0.2) is 61.3 Å². The predicted molar refractivity (Wildman–Crippen MR) is 82.2 cm³/mol. The van der Waals surface area contributed by atoms with Gasteiger partial charge in [0.2, 0.25) is 0 Å². The summed E-state index contributed by atoms with van der Waals surface area (Å²) in [5, 5.41) is 19.4. The molecule has 0 heterocycles. The number of likely N-dealkylation sites (N-methyl/N-ethyl adjacent to an activating group) is 1. The Balaban J connectivity index is 4.56. The molecule has 0 bridgehead atoms. The first-order valence-electron chi connectivity index (χ1n) is 7.18. The zero-order valence-corrected chi connectivity index (χ0v) is 14.0. The lowest BCUT2D eigenvalue weighted by molar-refractivity contribution is -0.873. The molecule has 1 unspecified atom stereocenters. The molecule has 0 aromatic heterocycles. The Bertz CT molecular complexity index is 489. The van der Waals surface area contributed by atoms with E-state index >= 15 is 0 Å². The van der Waals surface area contributed by atoms with Crippen molar-refractivity contribution in [1.82, 2.24) is 0 Å². The van der Waals surface area contributed by atoms with Gasteiger partial charge in [0.25, 0.3) is 0 Å². The smallest absolute Gasteiger partial charge is 0.310 e. The minimum atomic E-state index is -1.29. The second-order valence-corrected chi connectivity index (χ2v) is 6.44. The molecule has 0 saturated carbocycles. The van der Waals surface area contributed by atoms with Crippen LogP contribution in [0.3, 0.4) is 0 Å². The van der Waals surface area contributed by atoms with Crippen LogP contribution in [0.1, 0.15) is 25.7 Å². The van der Waals surface area contributed by atoms with Gasteiger partial charge in [0.1, 0.15) is 6.54 Å². The van der Waals surface area contributed by atoms with Gasteiger partial charge in [0.15, 0.2) is 6.10 Å². The van der Waals surface area contributed by atoms with E-state index in [9.17, 15) is 19.5 Å². The van der Waals surface area contributed by atoms with Crippen molar-refractivity contribution in [1.29, 1.82) is 0 Å². The number of hydrogen-bond donors (Lipinski definition) is 1. The maximum atomic E-state index is 11.9. The lowest BCUT2D eigenvalue weighted by Crippen LogP contribution is -2.45. The number of hydrogen-bond acceptors (Lipinski definition) is 5. The Morgan fingerprint density at radius 2 is 1.70 bits per heavy atom. The minimum absolute atomic E-state index is 0.0955. The van der Waals surface area contributed by atoms with Crippen LogP contribution < -0.4 is 5.11 Å². The highest BCUT2D eigenvalue weighted by atomic mass is 16.5. The van der Waals surface area contributed by atoms with Gasteiger partial charge in [-0.3, -0.25) is 9.59 Å². The number of quaternary nitrogens is 1. The van der Waals surface area contributed by atoms with Crippen LogP contribution in [-0.2, 0) is 19.1 Å². The molecule has 0 spiro atoms. The molecule has 0 radical (unpaired) electrons. The van der Waals surface area contributed by atoms with E-state index in [0.717, 1.165) is 0 Å². The number of ether oxygens (including phenoxy) is 1. The highest BCUT2D eigenvalue weighted by molar-refractivity contribution is 5.75. The van der Waals surface area contributed by atoms with Gasteiger partial charge in [-0.25, -0.2) is 0 Å². The molecule has 0 fully saturated rings. The van der Waals surface area contributed by atoms with Crippen molar-refractivity contribution in [2.24, 2.45) is 0 Å². The van der Waals surface area contributed by atoms with E-state index in [1.165, 1.54) is 0 Å². The lowest BCUT2D eigenvalue weighted by Gasteiger charge is -2.29. The number of allylic oxidation sites excluding steroid dienone is 1.